The largest absolute Gasteiger partial charge is 0.445 e. The Kier molecular flexibility index (Phi) is 28.4. The van der Waals surface area contributed by atoms with E-state index in [1.54, 1.807) is 49.9 Å². The Morgan fingerprint density at radius 3 is 2.04 bits per heavy atom. The molecule has 0 radical (unpaired) electrons. The first-order chi connectivity index (χ1) is 52.3. The monoisotopic (exact) mass is 1520 g/mol. The van der Waals surface area contributed by atoms with E-state index in [2.05, 4.69) is 32.7 Å². The van der Waals surface area contributed by atoms with Gasteiger partial charge in [0.2, 0.25) is 35.3 Å². The minimum atomic E-state index is -2.39. The maximum absolute atomic E-state index is 18.0. The number of ether oxygens (including phenoxy) is 8. The van der Waals surface area contributed by atoms with Gasteiger partial charge in [-0.05, 0) is 115 Å². The molecule has 0 spiro atoms. The molecule has 3 heterocycles. The van der Waals surface area contributed by atoms with Gasteiger partial charge in [0.05, 0.1) is 77.3 Å². The molecular weight excluding hydrogens is 1420 g/mol. The molecule has 0 bridgehead atoms. The number of urea groups is 1. The average molecular weight is 1520 g/mol. The number of anilines is 2. The molecule has 1 unspecified atom stereocenters. The standard InChI is InChI=1S/C79H103F2N9O19/c1-6-12-69-108-65-45-57-58-44-60(80)59-43-56(91)26-28-76(59,4)78(58,81)63(92)46-77(57,5)79(65,109-69)64(93)49-107-75(101)89-33-31-88(32-34-89)74(100)106-48-51-18-22-55(23-19-51)85-71(97)61(16-11-29-84-73(82)99)86-72(98)70(50(2)3)87-67(95)27-35-102-37-39-104-41-42-105-40-38-103-36-30-83-66(94)24-25-68(96)90-47-54-15-8-7-13-52(54)20-21-53-14-9-10-17-62(53)90/h7-10,13-15,17-23,26,28,43,50,57-58,60-61,63,65,69-70,92H,6,11-12,16,24-25,27,29-42,44-49H2,1-5H3,(H,83,94)(H,85,97)(H,86,98)(H,87,95)(H3,82,84,99)/b21-20-/t57-,58-,60-,61-,63-,65+,69?,70-,76-,77-,78-,79+/m0/s1. The molecule has 3 aliphatic heterocycles. The predicted octanol–water partition coefficient (Wildman–Crippen LogP) is 6.94. The van der Waals surface area contributed by atoms with E-state index in [1.165, 1.54) is 28.9 Å². The van der Waals surface area contributed by atoms with Crippen LogP contribution in [0.25, 0.3) is 12.2 Å². The summed E-state index contributed by atoms with van der Waals surface area (Å²) in [6.07, 6.45) is 2.07. The minimum Gasteiger partial charge on any atom is -0.445 e. The normalized spacial score (nSPS) is 25.9. The van der Waals surface area contributed by atoms with Crippen LogP contribution in [-0.2, 0) is 84.6 Å². The molecule has 12 atom stereocenters. The van der Waals surface area contributed by atoms with E-state index >= 15 is 8.78 Å². The van der Waals surface area contributed by atoms with E-state index in [9.17, 15) is 53.1 Å². The van der Waals surface area contributed by atoms with Gasteiger partial charge in [-0.1, -0.05) is 107 Å². The fraction of sp³-hybridized carbons (Fsp3) is 0.570. The van der Waals surface area contributed by atoms with Crippen molar-refractivity contribution in [3.8, 4) is 0 Å². The molecule has 30 heteroatoms. The zero-order chi connectivity index (χ0) is 78.0. The number of carbonyl (C=O) groups is 10. The third-order valence-corrected chi connectivity index (χ3v) is 22.0. The summed E-state index contributed by atoms with van der Waals surface area (Å²) in [5.41, 5.74) is 2.84. The van der Waals surface area contributed by atoms with Crippen LogP contribution >= 0.6 is 0 Å². The molecule has 9 amide bonds. The number of para-hydroxylation sites is 1. The topological polar surface area (TPSA) is 361 Å². The number of allylic oxidation sites excluding steroid dienone is 4. The van der Waals surface area contributed by atoms with Crippen molar-refractivity contribution in [2.24, 2.45) is 34.3 Å². The number of rotatable bonds is 35. The first-order valence-electron chi connectivity index (χ1n) is 37.7. The average Bonchev–Trinajstić information content (AvgIpc) is 1.55. The Bertz CT molecular complexity index is 3860. The van der Waals surface area contributed by atoms with Crippen LogP contribution in [0.2, 0.25) is 0 Å². The Balaban J connectivity index is 0.586. The number of hydrogen-bond donors (Lipinski definition) is 7. The molecule has 3 aromatic carbocycles. The zero-order valence-corrected chi connectivity index (χ0v) is 62.6. The van der Waals surface area contributed by atoms with Gasteiger partial charge >= 0.3 is 18.2 Å². The van der Waals surface area contributed by atoms with Crippen molar-refractivity contribution in [2.45, 2.75) is 160 Å². The number of benzene rings is 3. The molecule has 109 heavy (non-hydrogen) atoms. The van der Waals surface area contributed by atoms with Gasteiger partial charge in [-0.25, -0.2) is 23.2 Å². The first-order valence-corrected chi connectivity index (χ1v) is 37.7. The molecule has 5 fully saturated rings. The van der Waals surface area contributed by atoms with Crippen LogP contribution in [0.15, 0.2) is 96.6 Å². The number of halogens is 2. The summed E-state index contributed by atoms with van der Waals surface area (Å²) >= 11 is 0. The molecule has 8 N–H and O–H groups in total. The maximum Gasteiger partial charge on any atom is 0.410 e. The number of aliphatic hydroxyl groups is 1. The molecule has 2 saturated heterocycles. The van der Waals surface area contributed by atoms with Gasteiger partial charge in [-0.2, -0.15) is 0 Å². The summed E-state index contributed by atoms with van der Waals surface area (Å²) in [7, 11) is 0. The third-order valence-electron chi connectivity index (χ3n) is 22.0. The Morgan fingerprint density at radius 1 is 0.716 bits per heavy atom. The summed E-state index contributed by atoms with van der Waals surface area (Å²) in [6, 6.07) is 19.1. The molecule has 3 aromatic rings. The van der Waals surface area contributed by atoms with E-state index in [4.69, 9.17) is 43.6 Å². The molecule has 3 saturated carbocycles. The number of primary amides is 1. The smallest absolute Gasteiger partial charge is 0.410 e. The van der Waals surface area contributed by atoms with E-state index in [0.29, 0.717) is 50.5 Å². The van der Waals surface area contributed by atoms with Crippen LogP contribution in [0.5, 0.6) is 0 Å². The Hall–Kier alpha value is -9.04. The number of nitrogens with one attached hydrogen (secondary N) is 5. The van der Waals surface area contributed by atoms with Gasteiger partial charge in [0.15, 0.2) is 29.9 Å². The van der Waals surface area contributed by atoms with Gasteiger partial charge in [0, 0.05) is 81.0 Å². The van der Waals surface area contributed by atoms with Crippen LogP contribution in [-0.4, -0.2) is 221 Å². The van der Waals surface area contributed by atoms with Crippen LogP contribution in [0, 0.1) is 28.6 Å². The van der Waals surface area contributed by atoms with Crippen LogP contribution in [0.3, 0.4) is 0 Å². The maximum atomic E-state index is 18.0. The van der Waals surface area contributed by atoms with Crippen molar-refractivity contribution in [2.75, 3.05) is 109 Å². The number of Topliss-reactive ketones (excluding diaryl/α,β-unsaturated/α-hetero) is 1. The molecule has 0 aromatic heterocycles. The summed E-state index contributed by atoms with van der Waals surface area (Å²) in [5.74, 6) is -5.35. The van der Waals surface area contributed by atoms with Gasteiger partial charge in [-0.3, -0.25) is 33.6 Å². The second kappa shape index (κ2) is 37.6. The molecule has 7 aliphatic rings. The van der Waals surface area contributed by atoms with Crippen molar-refractivity contribution in [3.05, 3.63) is 119 Å². The lowest BCUT2D eigenvalue weighted by Gasteiger charge is -2.63. The summed E-state index contributed by atoms with van der Waals surface area (Å²) in [4.78, 5) is 137. The number of hydrogen-bond acceptors (Lipinski definition) is 19. The highest BCUT2D eigenvalue weighted by Gasteiger charge is 2.80. The van der Waals surface area contributed by atoms with Gasteiger partial charge < -0.3 is 90.0 Å². The summed E-state index contributed by atoms with van der Waals surface area (Å²) in [6.45, 7) is 10.6. The number of fused-ring (bicyclic) bond motifs is 9. The number of nitrogens with zero attached hydrogens (tertiary/aromatic N) is 3. The van der Waals surface area contributed by atoms with Crippen LogP contribution in [0.1, 0.15) is 121 Å². The van der Waals surface area contributed by atoms with Crippen LogP contribution < -0.4 is 37.2 Å². The predicted molar refractivity (Wildman–Crippen MR) is 395 cm³/mol. The Labute approximate surface area is 633 Å². The highest BCUT2D eigenvalue weighted by Crippen LogP contribution is 2.72. The van der Waals surface area contributed by atoms with E-state index in [1.807, 2.05) is 61.5 Å². The highest BCUT2D eigenvalue weighted by molar-refractivity contribution is 6.02. The molecular formula is C79H103F2N9O19. The number of nitrogens with two attached hydrogens (primary N) is 1. The third kappa shape index (κ3) is 19.4. The van der Waals surface area contributed by atoms with E-state index in [0.717, 1.165) is 28.5 Å². The lowest BCUT2D eigenvalue weighted by atomic mass is 9.44. The second-order valence-electron chi connectivity index (χ2n) is 29.4. The van der Waals surface area contributed by atoms with E-state index in [-0.39, 0.29) is 148 Å². The molecule has 10 rings (SSSR count). The van der Waals surface area contributed by atoms with Crippen molar-refractivity contribution >= 4 is 82.8 Å². The molecule has 28 nitrogen and oxygen atoms in total. The molecule has 592 valence electrons. The van der Waals surface area contributed by atoms with Crippen LogP contribution in [0.4, 0.5) is 34.5 Å². The second-order valence-corrected chi connectivity index (χ2v) is 29.4. The number of alkyl halides is 2. The summed E-state index contributed by atoms with van der Waals surface area (Å²) < 4.78 is 80.7. The fourth-order valence-corrected chi connectivity index (χ4v) is 16.3. The number of carbonyl (C=O) groups excluding carboxylic acids is 10. The Morgan fingerprint density at radius 2 is 1.36 bits per heavy atom. The minimum absolute atomic E-state index is 0.0208. The lowest BCUT2D eigenvalue weighted by molar-refractivity contribution is -0.234. The number of ketones is 2. The molecule has 4 aliphatic carbocycles. The zero-order valence-electron chi connectivity index (χ0n) is 62.6. The number of amides is 9. The lowest BCUT2D eigenvalue weighted by Crippen LogP contribution is -2.71. The summed E-state index contributed by atoms with van der Waals surface area (Å²) in [5, 5.41) is 25.5. The first kappa shape index (κ1) is 82.5. The fourth-order valence-electron chi connectivity index (χ4n) is 16.3. The van der Waals surface area contributed by atoms with Crippen molar-refractivity contribution in [1.29, 1.82) is 0 Å². The van der Waals surface area contributed by atoms with Gasteiger partial charge in [-0.15, -0.1) is 0 Å². The van der Waals surface area contributed by atoms with E-state index < -0.39 is 131 Å². The number of piperazine rings is 1. The van der Waals surface area contributed by atoms with Crippen molar-refractivity contribution in [3.63, 3.8) is 0 Å². The number of aliphatic hydroxyl groups excluding tert-OH is 1. The quantitative estimate of drug-likeness (QED) is 0.0293. The van der Waals surface area contributed by atoms with Gasteiger partial charge in [0.25, 0.3) is 0 Å². The van der Waals surface area contributed by atoms with Crippen molar-refractivity contribution < 1.29 is 99.7 Å². The van der Waals surface area contributed by atoms with Gasteiger partial charge in [0.1, 0.15) is 24.9 Å². The highest BCUT2D eigenvalue weighted by atomic mass is 19.1. The van der Waals surface area contributed by atoms with Crippen molar-refractivity contribution in [1.82, 2.24) is 31.1 Å². The SMILES string of the molecule is CCCC1O[C@@H]2C[C@H]3[C@@H]4C[C@H](F)C5=CC(=O)C=C[C@]5(C)[C@@]4(F)[C@@H](O)C[C@]3(C)[C@]2(C(=O)COC(=O)N2CCN(C(=O)OCc3ccc(NC(=O)[C@H](CCCNC(N)=O)NC(=O)[C@@H](NC(=O)CCOCCOCCOCCOCCNC(=O)CCC(=O)N4Cc5ccccc5/C=C\c5ccccc54)C(C)C)cc3)CC2)O1.